The third-order valence-corrected chi connectivity index (χ3v) is 7.07. The fraction of sp³-hybridized carbons (Fsp3) is 0.435. The zero-order valence-electron chi connectivity index (χ0n) is 19.6. The summed E-state index contributed by atoms with van der Waals surface area (Å²) in [6.45, 7) is 11.2. The number of hydrogen-bond acceptors (Lipinski definition) is 8. The number of aliphatic hydroxyl groups excluding tert-OH is 1. The molecular weight excluding hydrogens is 438 g/mol. The molecule has 2 unspecified atom stereocenters. The Balaban J connectivity index is 1.51. The van der Waals surface area contributed by atoms with Crippen LogP contribution in [-0.2, 0) is 12.1 Å². The number of anilines is 1. The number of nitrogens with one attached hydrogen (secondary N) is 3. The van der Waals surface area contributed by atoms with Gasteiger partial charge in [0, 0.05) is 24.7 Å². The van der Waals surface area contributed by atoms with E-state index in [0.717, 1.165) is 33.6 Å². The van der Waals surface area contributed by atoms with Crippen LogP contribution in [-0.4, -0.2) is 69.0 Å². The molecule has 0 saturated carbocycles. The maximum atomic E-state index is 12.9. The molecule has 2 atom stereocenters. The molecule has 4 rings (SSSR count). The molecule has 0 aliphatic carbocycles. The first-order valence-corrected chi connectivity index (χ1v) is 11.6. The molecule has 3 heterocycles. The van der Waals surface area contributed by atoms with Crippen LogP contribution in [0.3, 0.4) is 0 Å². The van der Waals surface area contributed by atoms with Crippen molar-refractivity contribution in [3.63, 3.8) is 0 Å². The second kappa shape index (κ2) is 8.96. The van der Waals surface area contributed by atoms with E-state index < -0.39 is 11.9 Å². The van der Waals surface area contributed by atoms with Crippen LogP contribution in [0.15, 0.2) is 36.4 Å². The predicted molar refractivity (Wildman–Crippen MR) is 131 cm³/mol. The lowest BCUT2D eigenvalue weighted by atomic mass is 10.0. The van der Waals surface area contributed by atoms with Crippen molar-refractivity contribution in [2.24, 2.45) is 0 Å². The van der Waals surface area contributed by atoms with E-state index in [2.05, 4.69) is 37.3 Å². The largest absolute Gasteiger partial charge is 0.365 e. The average molecular weight is 470 g/mol. The van der Waals surface area contributed by atoms with Crippen LogP contribution in [0.25, 0.3) is 10.2 Å². The van der Waals surface area contributed by atoms with Gasteiger partial charge in [0.2, 0.25) is 0 Å². The third kappa shape index (κ3) is 4.57. The summed E-state index contributed by atoms with van der Waals surface area (Å²) >= 11 is 1.35. The minimum Gasteiger partial charge on any atom is -0.365 e. The van der Waals surface area contributed by atoms with Gasteiger partial charge in [-0.25, -0.2) is 4.98 Å². The molecule has 1 aliphatic heterocycles. The van der Waals surface area contributed by atoms with Crippen LogP contribution in [0, 0.1) is 0 Å². The van der Waals surface area contributed by atoms with Gasteiger partial charge in [-0.15, -0.1) is 11.3 Å². The van der Waals surface area contributed by atoms with Crippen LogP contribution in [0.2, 0.25) is 0 Å². The summed E-state index contributed by atoms with van der Waals surface area (Å²) in [7, 11) is 3.97. The first kappa shape index (κ1) is 23.5. The molecule has 33 heavy (non-hydrogen) atoms. The van der Waals surface area contributed by atoms with Crippen molar-refractivity contribution in [2.45, 2.75) is 45.2 Å². The number of benzene rings is 1. The predicted octanol–water partition coefficient (Wildman–Crippen LogP) is 2.69. The van der Waals surface area contributed by atoms with Crippen LogP contribution < -0.4 is 10.6 Å². The second-order valence-electron chi connectivity index (χ2n) is 9.26. The van der Waals surface area contributed by atoms with Gasteiger partial charge in [0.25, 0.3) is 5.91 Å². The number of carbonyl (C=O) groups is 1. The number of thiazole rings is 1. The molecule has 4 N–H and O–H groups in total. The summed E-state index contributed by atoms with van der Waals surface area (Å²) in [6.07, 6.45) is -0.907. The van der Waals surface area contributed by atoms with E-state index in [4.69, 9.17) is 0 Å². The Kier molecular flexibility index (Phi) is 6.39. The summed E-state index contributed by atoms with van der Waals surface area (Å²) < 4.78 is 0.959. The van der Waals surface area contributed by atoms with Gasteiger partial charge >= 0.3 is 0 Å². The van der Waals surface area contributed by atoms with Gasteiger partial charge in [-0.2, -0.15) is 5.10 Å². The van der Waals surface area contributed by atoms with Crippen molar-refractivity contribution in [3.8, 4) is 0 Å². The Morgan fingerprint density at radius 1 is 1.39 bits per heavy atom. The van der Waals surface area contributed by atoms with Crippen molar-refractivity contribution in [1.82, 2.24) is 30.3 Å². The molecule has 0 radical (unpaired) electrons. The molecule has 1 amide bonds. The molecule has 1 aliphatic rings. The van der Waals surface area contributed by atoms with E-state index in [1.807, 2.05) is 64.0 Å². The minimum absolute atomic E-state index is 0.0684. The van der Waals surface area contributed by atoms with E-state index in [0.29, 0.717) is 17.4 Å². The number of likely N-dealkylation sites (N-methyl/N-ethyl adjacent to an activating group) is 1. The number of nitrogens with zero attached hydrogens (tertiary/aromatic N) is 4. The van der Waals surface area contributed by atoms with Crippen molar-refractivity contribution >= 4 is 33.3 Å². The Morgan fingerprint density at radius 3 is 2.79 bits per heavy atom. The number of para-hydroxylation sites is 1. The van der Waals surface area contributed by atoms with E-state index in [1.165, 1.54) is 11.3 Å². The quantitative estimate of drug-likeness (QED) is 0.297. The normalized spacial score (nSPS) is 17.3. The Bertz CT molecular complexity index is 1150. The van der Waals surface area contributed by atoms with Gasteiger partial charge in [-0.05, 0) is 47.0 Å². The standard InChI is InChI=1S/C23H31N7O2S/c1-13(2)16(12-29(5)6)25-22(32)30-11-14-18(23(30,3)4)27-28-19(14)26-20(31)21-24-15-9-7-8-10-17(15)33-21/h7-10,16,22,25,32H,1,11-12H2,2-6H3,(H2,26,27,28,31). The maximum Gasteiger partial charge on any atom is 0.285 e. The lowest BCUT2D eigenvalue weighted by Crippen LogP contribution is -2.55. The molecule has 176 valence electrons. The lowest BCUT2D eigenvalue weighted by Gasteiger charge is -2.38. The van der Waals surface area contributed by atoms with E-state index in [9.17, 15) is 9.90 Å². The lowest BCUT2D eigenvalue weighted by molar-refractivity contribution is -0.0808. The molecule has 0 spiro atoms. The van der Waals surface area contributed by atoms with Gasteiger partial charge in [0.1, 0.15) is 0 Å². The van der Waals surface area contributed by atoms with Gasteiger partial charge < -0.3 is 15.3 Å². The highest BCUT2D eigenvalue weighted by Gasteiger charge is 2.44. The van der Waals surface area contributed by atoms with E-state index in [1.54, 1.807) is 0 Å². The highest BCUT2D eigenvalue weighted by atomic mass is 32.1. The Morgan fingerprint density at radius 2 is 2.12 bits per heavy atom. The highest BCUT2D eigenvalue weighted by molar-refractivity contribution is 7.20. The fourth-order valence-electron chi connectivity index (χ4n) is 4.15. The highest BCUT2D eigenvalue weighted by Crippen LogP contribution is 2.41. The molecular formula is C23H31N7O2S. The Labute approximate surface area is 197 Å². The number of amides is 1. The van der Waals surface area contributed by atoms with Crippen molar-refractivity contribution in [2.75, 3.05) is 26.0 Å². The fourth-order valence-corrected chi connectivity index (χ4v) is 5.01. The molecule has 1 aromatic carbocycles. The minimum atomic E-state index is -0.907. The summed E-state index contributed by atoms with van der Waals surface area (Å²) in [5, 5.41) is 25.0. The summed E-state index contributed by atoms with van der Waals surface area (Å²) in [5.41, 5.74) is 2.94. The number of carbonyl (C=O) groups excluding carboxylic acids is 1. The third-order valence-electron chi connectivity index (χ3n) is 6.03. The first-order chi connectivity index (χ1) is 15.6. The second-order valence-corrected chi connectivity index (χ2v) is 10.3. The van der Waals surface area contributed by atoms with Crippen LogP contribution in [0.4, 0.5) is 5.82 Å². The topological polar surface area (TPSA) is 109 Å². The monoisotopic (exact) mass is 469 g/mol. The number of aromatic amines is 1. The molecule has 2 aromatic heterocycles. The SMILES string of the molecule is C=C(C)C(CN(C)C)NC(O)N1Cc2c(NC(=O)c3nc4ccccc4s3)n[nH]c2C1(C)C. The van der Waals surface area contributed by atoms with Crippen molar-refractivity contribution in [1.29, 1.82) is 0 Å². The summed E-state index contributed by atoms with van der Waals surface area (Å²) in [5.74, 6) is 0.163. The maximum absolute atomic E-state index is 12.9. The molecule has 10 heteroatoms. The van der Waals surface area contributed by atoms with E-state index in [-0.39, 0.29) is 11.9 Å². The number of aliphatic hydroxyl groups is 1. The van der Waals surface area contributed by atoms with Crippen LogP contribution in [0.5, 0.6) is 0 Å². The van der Waals surface area contributed by atoms with Gasteiger partial charge in [0.15, 0.2) is 17.2 Å². The van der Waals surface area contributed by atoms with Gasteiger partial charge in [-0.1, -0.05) is 24.3 Å². The summed E-state index contributed by atoms with van der Waals surface area (Å²) in [6, 6.07) is 7.59. The van der Waals surface area contributed by atoms with Crippen molar-refractivity contribution in [3.05, 3.63) is 52.7 Å². The molecule has 0 fully saturated rings. The Hall–Kier alpha value is -2.63. The number of fused-ring (bicyclic) bond motifs is 2. The zero-order valence-corrected chi connectivity index (χ0v) is 20.5. The van der Waals surface area contributed by atoms with Crippen LogP contribution >= 0.6 is 11.3 Å². The molecule has 9 nitrogen and oxygen atoms in total. The smallest absolute Gasteiger partial charge is 0.285 e. The zero-order chi connectivity index (χ0) is 23.9. The van der Waals surface area contributed by atoms with E-state index >= 15 is 0 Å². The molecule has 3 aromatic rings. The van der Waals surface area contributed by atoms with Gasteiger partial charge in [-0.3, -0.25) is 20.1 Å². The van der Waals surface area contributed by atoms with Gasteiger partial charge in [0.05, 0.1) is 21.4 Å². The molecule has 0 bridgehead atoms. The number of rotatable bonds is 8. The number of H-pyrrole nitrogens is 1. The first-order valence-electron chi connectivity index (χ1n) is 10.8. The number of aromatic nitrogens is 3. The summed E-state index contributed by atoms with van der Waals surface area (Å²) in [4.78, 5) is 21.3. The van der Waals surface area contributed by atoms with Crippen LogP contribution in [0.1, 0.15) is 41.8 Å². The van der Waals surface area contributed by atoms with Crippen molar-refractivity contribution < 1.29 is 9.90 Å². The average Bonchev–Trinajstić information content (AvgIpc) is 3.41. The number of hydrogen-bond donors (Lipinski definition) is 4. The molecule has 0 saturated heterocycles.